The van der Waals surface area contributed by atoms with Crippen molar-refractivity contribution in [2.45, 2.75) is 12.6 Å². The second-order valence-corrected chi connectivity index (χ2v) is 5.71. The van der Waals surface area contributed by atoms with E-state index < -0.39 is 0 Å². The van der Waals surface area contributed by atoms with Gasteiger partial charge >= 0.3 is 0 Å². The molecular formula is C14H16N4OS. The van der Waals surface area contributed by atoms with Crippen LogP contribution in [0.1, 0.15) is 5.69 Å². The van der Waals surface area contributed by atoms with E-state index in [0.717, 1.165) is 22.8 Å². The van der Waals surface area contributed by atoms with Crippen LogP contribution in [0.15, 0.2) is 35.7 Å². The van der Waals surface area contributed by atoms with Crippen molar-refractivity contribution in [3.05, 3.63) is 41.4 Å². The lowest BCUT2D eigenvalue weighted by molar-refractivity contribution is -0.131. The summed E-state index contributed by atoms with van der Waals surface area (Å²) in [7, 11) is 1.81. The molecule has 0 aliphatic carbocycles. The zero-order valence-electron chi connectivity index (χ0n) is 11.2. The monoisotopic (exact) mass is 288 g/mol. The smallest absolute Gasteiger partial charge is 0.243 e. The Hall–Kier alpha value is -1.92. The summed E-state index contributed by atoms with van der Waals surface area (Å²) in [6.07, 6.45) is 3.88. The van der Waals surface area contributed by atoms with E-state index in [1.807, 2.05) is 42.8 Å². The summed E-state index contributed by atoms with van der Waals surface area (Å²) in [6.45, 7) is 1.29. The molecule has 0 bridgehead atoms. The first kappa shape index (κ1) is 13.1. The number of amides is 1. The number of rotatable bonds is 4. The number of hydrogen-bond donors (Lipinski definition) is 2. The number of nitrogens with zero attached hydrogens (tertiary/aromatic N) is 2. The largest absolute Gasteiger partial charge is 0.338 e. The SMILES string of the molecule is CN(Cc1cc(-c2cccs2)n[nH]1)C(=O)[C@H]1C=CCN1. The molecule has 0 aromatic carbocycles. The third kappa shape index (κ3) is 2.66. The van der Waals surface area contributed by atoms with Crippen molar-refractivity contribution in [3.63, 3.8) is 0 Å². The quantitative estimate of drug-likeness (QED) is 0.841. The van der Waals surface area contributed by atoms with E-state index >= 15 is 0 Å². The van der Waals surface area contributed by atoms with Crippen LogP contribution in [-0.4, -0.2) is 40.6 Å². The van der Waals surface area contributed by atoms with Crippen molar-refractivity contribution < 1.29 is 4.79 Å². The van der Waals surface area contributed by atoms with Crippen LogP contribution < -0.4 is 5.32 Å². The summed E-state index contributed by atoms with van der Waals surface area (Å²) in [5.74, 6) is 0.0750. The lowest BCUT2D eigenvalue weighted by atomic mass is 10.2. The maximum atomic E-state index is 12.2. The number of aromatic amines is 1. The first-order valence-electron chi connectivity index (χ1n) is 6.47. The van der Waals surface area contributed by atoms with E-state index in [1.165, 1.54) is 0 Å². The number of H-pyrrole nitrogens is 1. The molecule has 0 fully saturated rings. The fourth-order valence-corrected chi connectivity index (χ4v) is 2.89. The van der Waals surface area contributed by atoms with Crippen LogP contribution in [0.4, 0.5) is 0 Å². The van der Waals surface area contributed by atoms with Crippen LogP contribution >= 0.6 is 11.3 Å². The predicted octanol–water partition coefficient (Wildman–Crippen LogP) is 1.62. The Morgan fingerprint density at radius 2 is 2.50 bits per heavy atom. The molecule has 20 heavy (non-hydrogen) atoms. The molecular weight excluding hydrogens is 272 g/mol. The van der Waals surface area contributed by atoms with E-state index in [4.69, 9.17) is 0 Å². The van der Waals surface area contributed by atoms with E-state index in [2.05, 4.69) is 15.5 Å². The Bertz CT molecular complexity index is 617. The third-order valence-electron chi connectivity index (χ3n) is 3.24. The van der Waals surface area contributed by atoms with Gasteiger partial charge in [-0.2, -0.15) is 5.10 Å². The molecule has 104 valence electrons. The van der Waals surface area contributed by atoms with Gasteiger partial charge in [-0.25, -0.2) is 0 Å². The van der Waals surface area contributed by atoms with Crippen LogP contribution in [-0.2, 0) is 11.3 Å². The molecule has 0 radical (unpaired) electrons. The topological polar surface area (TPSA) is 61.0 Å². The summed E-state index contributed by atoms with van der Waals surface area (Å²) in [5.41, 5.74) is 1.86. The average molecular weight is 288 g/mol. The number of carbonyl (C=O) groups is 1. The van der Waals surface area contributed by atoms with Crippen LogP contribution in [0, 0.1) is 0 Å². The summed E-state index contributed by atoms with van der Waals surface area (Å²) in [6, 6.07) is 5.84. The molecule has 1 aliphatic rings. The molecule has 1 atom stereocenters. The second-order valence-electron chi connectivity index (χ2n) is 4.76. The van der Waals surface area contributed by atoms with Gasteiger partial charge in [-0.15, -0.1) is 11.3 Å². The van der Waals surface area contributed by atoms with Gasteiger partial charge in [-0.05, 0) is 17.5 Å². The Morgan fingerprint density at radius 3 is 3.20 bits per heavy atom. The molecule has 5 nitrogen and oxygen atoms in total. The van der Waals surface area contributed by atoms with Crippen molar-refractivity contribution in [2.24, 2.45) is 0 Å². The van der Waals surface area contributed by atoms with Gasteiger partial charge in [0.1, 0.15) is 11.7 Å². The maximum absolute atomic E-state index is 12.2. The summed E-state index contributed by atoms with van der Waals surface area (Å²) >= 11 is 1.65. The van der Waals surface area contributed by atoms with Gasteiger partial charge in [0.05, 0.1) is 17.1 Å². The van der Waals surface area contributed by atoms with E-state index in [1.54, 1.807) is 16.2 Å². The van der Waals surface area contributed by atoms with E-state index in [9.17, 15) is 4.79 Å². The summed E-state index contributed by atoms with van der Waals surface area (Å²) in [4.78, 5) is 15.0. The minimum absolute atomic E-state index is 0.0750. The van der Waals surface area contributed by atoms with E-state index in [0.29, 0.717) is 6.54 Å². The first-order valence-corrected chi connectivity index (χ1v) is 7.35. The fourth-order valence-electron chi connectivity index (χ4n) is 2.20. The Kier molecular flexibility index (Phi) is 3.66. The zero-order chi connectivity index (χ0) is 13.9. The van der Waals surface area contributed by atoms with Crippen molar-refractivity contribution in [1.29, 1.82) is 0 Å². The highest BCUT2D eigenvalue weighted by atomic mass is 32.1. The summed E-state index contributed by atoms with van der Waals surface area (Å²) < 4.78 is 0. The van der Waals surface area contributed by atoms with Crippen LogP contribution in [0.2, 0.25) is 0 Å². The Balaban J connectivity index is 1.65. The lowest BCUT2D eigenvalue weighted by Gasteiger charge is -2.19. The van der Waals surface area contributed by atoms with Gasteiger partial charge in [0.15, 0.2) is 0 Å². The molecule has 0 unspecified atom stereocenters. The first-order chi connectivity index (χ1) is 9.74. The minimum Gasteiger partial charge on any atom is -0.338 e. The normalized spacial score (nSPS) is 17.6. The standard InChI is InChI=1S/C14H16N4OS/c1-18(14(19)11-4-2-6-15-11)9-10-8-12(17-16-10)13-5-3-7-20-13/h2-5,7-8,11,15H,6,9H2,1H3,(H,16,17)/t11-/m1/s1. The molecule has 2 aromatic rings. The predicted molar refractivity (Wildman–Crippen MR) is 79.3 cm³/mol. The second kappa shape index (κ2) is 5.60. The minimum atomic E-state index is -0.195. The van der Waals surface area contributed by atoms with Crippen LogP contribution in [0.5, 0.6) is 0 Å². The number of likely N-dealkylation sites (N-methyl/N-ethyl adjacent to an activating group) is 1. The Labute approximate surface area is 121 Å². The molecule has 6 heteroatoms. The highest BCUT2D eigenvalue weighted by Gasteiger charge is 2.21. The molecule has 1 amide bonds. The molecule has 3 rings (SSSR count). The van der Waals surface area contributed by atoms with Crippen LogP contribution in [0.25, 0.3) is 10.6 Å². The number of thiophene rings is 1. The number of nitrogens with one attached hydrogen (secondary N) is 2. The van der Waals surface area contributed by atoms with Crippen molar-refractivity contribution in [3.8, 4) is 10.6 Å². The van der Waals surface area contributed by atoms with Crippen LogP contribution in [0.3, 0.4) is 0 Å². The highest BCUT2D eigenvalue weighted by molar-refractivity contribution is 7.13. The average Bonchev–Trinajstić information content (AvgIpc) is 3.19. The van der Waals surface area contributed by atoms with Gasteiger partial charge < -0.3 is 4.90 Å². The molecule has 0 spiro atoms. The van der Waals surface area contributed by atoms with E-state index in [-0.39, 0.29) is 11.9 Å². The van der Waals surface area contributed by atoms with Gasteiger partial charge in [0, 0.05) is 13.6 Å². The third-order valence-corrected chi connectivity index (χ3v) is 4.13. The van der Waals surface area contributed by atoms with Gasteiger partial charge in [-0.1, -0.05) is 18.2 Å². The zero-order valence-corrected chi connectivity index (χ0v) is 12.0. The summed E-state index contributed by atoms with van der Waals surface area (Å²) in [5, 5.41) is 12.4. The van der Waals surface area contributed by atoms with Gasteiger partial charge in [0.25, 0.3) is 0 Å². The number of carbonyl (C=O) groups excluding carboxylic acids is 1. The number of aromatic nitrogens is 2. The van der Waals surface area contributed by atoms with Crippen molar-refractivity contribution in [2.75, 3.05) is 13.6 Å². The molecule has 2 aromatic heterocycles. The lowest BCUT2D eigenvalue weighted by Crippen LogP contribution is -2.41. The molecule has 2 N–H and O–H groups in total. The molecule has 0 saturated heterocycles. The molecule has 1 aliphatic heterocycles. The Morgan fingerprint density at radius 1 is 1.60 bits per heavy atom. The van der Waals surface area contributed by atoms with Crippen molar-refractivity contribution >= 4 is 17.2 Å². The highest BCUT2D eigenvalue weighted by Crippen LogP contribution is 2.23. The number of hydrogen-bond acceptors (Lipinski definition) is 4. The van der Waals surface area contributed by atoms with Gasteiger partial charge in [-0.3, -0.25) is 15.2 Å². The van der Waals surface area contributed by atoms with Gasteiger partial charge in [0.2, 0.25) is 5.91 Å². The fraction of sp³-hybridized carbons (Fsp3) is 0.286. The molecule has 0 saturated carbocycles. The van der Waals surface area contributed by atoms with Crippen molar-refractivity contribution in [1.82, 2.24) is 20.4 Å². The molecule has 3 heterocycles. The maximum Gasteiger partial charge on any atom is 0.243 e.